The van der Waals surface area contributed by atoms with Crippen LogP contribution in [-0.4, -0.2) is 53.5 Å². The van der Waals surface area contributed by atoms with Crippen molar-refractivity contribution in [3.8, 4) is 17.0 Å². The SMILES string of the molecule is C=CC(=O)N1CCC2(CC1)CC(n1nnc(-c3cc(O[C@H](C)c4ccccn4)c4c(Cl)cnn4c3)c1C)C2. The van der Waals surface area contributed by atoms with Crippen LogP contribution >= 0.6 is 11.6 Å². The maximum absolute atomic E-state index is 12.0. The maximum atomic E-state index is 12.0. The van der Waals surface area contributed by atoms with Crippen LogP contribution in [0.5, 0.6) is 5.75 Å². The van der Waals surface area contributed by atoms with Crippen molar-refractivity contribution in [2.75, 3.05) is 13.1 Å². The number of halogens is 1. The molecule has 1 amide bonds. The smallest absolute Gasteiger partial charge is 0.245 e. The van der Waals surface area contributed by atoms with E-state index < -0.39 is 0 Å². The lowest BCUT2D eigenvalue weighted by atomic mass is 9.60. The Kier molecular flexibility index (Phi) is 6.18. The first kappa shape index (κ1) is 24.6. The zero-order chi connectivity index (χ0) is 26.4. The minimum Gasteiger partial charge on any atom is -0.482 e. The average Bonchev–Trinajstić information content (AvgIpc) is 3.49. The molecule has 4 aromatic rings. The number of rotatable bonds is 6. The number of hydrogen-bond acceptors (Lipinski definition) is 6. The lowest BCUT2D eigenvalue weighted by Gasteiger charge is -2.52. The van der Waals surface area contributed by atoms with E-state index in [0.29, 0.717) is 22.3 Å². The number of nitrogens with zero attached hydrogens (tertiary/aromatic N) is 7. The fraction of sp³-hybridized carbons (Fsp3) is 0.393. The number of hydrogen-bond donors (Lipinski definition) is 0. The second-order valence-electron chi connectivity index (χ2n) is 10.5. The van der Waals surface area contributed by atoms with E-state index in [-0.39, 0.29) is 17.4 Å². The first-order valence-electron chi connectivity index (χ1n) is 13.0. The van der Waals surface area contributed by atoms with Crippen molar-refractivity contribution in [1.29, 1.82) is 0 Å². The molecule has 6 rings (SSSR count). The normalized spacial score (nSPS) is 17.9. The molecule has 2 fully saturated rings. The number of ether oxygens (including phenoxy) is 1. The predicted molar refractivity (Wildman–Crippen MR) is 144 cm³/mol. The molecule has 1 aliphatic heterocycles. The van der Waals surface area contributed by atoms with Gasteiger partial charge >= 0.3 is 0 Å². The largest absolute Gasteiger partial charge is 0.482 e. The number of amides is 1. The summed E-state index contributed by atoms with van der Waals surface area (Å²) in [5, 5.41) is 14.1. The van der Waals surface area contributed by atoms with Gasteiger partial charge in [0.15, 0.2) is 0 Å². The Labute approximate surface area is 226 Å². The van der Waals surface area contributed by atoms with Crippen molar-refractivity contribution in [3.05, 3.63) is 71.9 Å². The van der Waals surface area contributed by atoms with Crippen LogP contribution in [0.3, 0.4) is 0 Å². The molecule has 196 valence electrons. The Balaban J connectivity index is 1.24. The van der Waals surface area contributed by atoms with E-state index in [0.717, 1.165) is 61.4 Å². The van der Waals surface area contributed by atoms with Gasteiger partial charge in [-0.05, 0) is 69.2 Å². The summed E-state index contributed by atoms with van der Waals surface area (Å²) < 4.78 is 10.1. The van der Waals surface area contributed by atoms with Gasteiger partial charge in [-0.15, -0.1) is 5.10 Å². The maximum Gasteiger partial charge on any atom is 0.245 e. The van der Waals surface area contributed by atoms with Gasteiger partial charge in [0.2, 0.25) is 5.91 Å². The molecule has 9 nitrogen and oxygen atoms in total. The molecular formula is C28H30ClN7O2. The third-order valence-electron chi connectivity index (χ3n) is 8.13. The summed E-state index contributed by atoms with van der Waals surface area (Å²) in [6, 6.07) is 8.02. The molecule has 0 unspecified atom stereocenters. The number of carbonyl (C=O) groups is 1. The molecule has 2 aliphatic rings. The highest BCUT2D eigenvalue weighted by atomic mass is 35.5. The van der Waals surface area contributed by atoms with E-state index in [1.54, 1.807) is 16.9 Å². The van der Waals surface area contributed by atoms with Gasteiger partial charge in [-0.25, -0.2) is 9.20 Å². The molecule has 1 aliphatic carbocycles. The number of carbonyl (C=O) groups excluding carboxylic acids is 1. The van der Waals surface area contributed by atoms with Crippen molar-refractivity contribution in [2.45, 2.75) is 51.7 Å². The van der Waals surface area contributed by atoms with Crippen molar-refractivity contribution in [3.63, 3.8) is 0 Å². The molecule has 1 saturated heterocycles. The van der Waals surface area contributed by atoms with Gasteiger partial charge in [0.05, 0.1) is 28.6 Å². The first-order valence-corrected chi connectivity index (χ1v) is 13.3. The summed E-state index contributed by atoms with van der Waals surface area (Å²) >= 11 is 6.48. The van der Waals surface area contributed by atoms with Crippen molar-refractivity contribution in [1.82, 2.24) is 34.5 Å². The molecule has 0 bridgehead atoms. The average molecular weight is 532 g/mol. The van der Waals surface area contributed by atoms with E-state index in [9.17, 15) is 4.79 Å². The molecule has 0 N–H and O–H groups in total. The molecule has 0 aromatic carbocycles. The Morgan fingerprint density at radius 3 is 2.79 bits per heavy atom. The van der Waals surface area contributed by atoms with E-state index in [4.69, 9.17) is 16.3 Å². The number of pyridine rings is 2. The lowest BCUT2D eigenvalue weighted by Crippen LogP contribution is -2.49. The molecule has 5 heterocycles. The highest BCUT2D eigenvalue weighted by Crippen LogP contribution is 2.55. The van der Waals surface area contributed by atoms with Gasteiger partial charge in [-0.1, -0.05) is 29.5 Å². The minimum absolute atomic E-state index is 0.0284. The van der Waals surface area contributed by atoms with Crippen LogP contribution in [0.1, 0.15) is 56.1 Å². The Bertz CT molecular complexity index is 1500. The third kappa shape index (κ3) is 4.24. The molecule has 1 saturated carbocycles. The molecule has 1 spiro atoms. The molecule has 38 heavy (non-hydrogen) atoms. The quantitative estimate of drug-likeness (QED) is 0.317. The fourth-order valence-corrected chi connectivity index (χ4v) is 6.16. The van der Waals surface area contributed by atoms with Gasteiger partial charge in [0.1, 0.15) is 23.1 Å². The van der Waals surface area contributed by atoms with Crippen LogP contribution in [0.4, 0.5) is 0 Å². The number of piperidine rings is 1. The van der Waals surface area contributed by atoms with Gasteiger partial charge in [0, 0.05) is 31.0 Å². The number of aromatic nitrogens is 6. The van der Waals surface area contributed by atoms with Crippen molar-refractivity contribution < 1.29 is 9.53 Å². The predicted octanol–water partition coefficient (Wildman–Crippen LogP) is 5.22. The molecule has 4 aromatic heterocycles. The molecule has 0 radical (unpaired) electrons. The highest BCUT2D eigenvalue weighted by molar-refractivity contribution is 6.34. The lowest BCUT2D eigenvalue weighted by molar-refractivity contribution is -0.130. The van der Waals surface area contributed by atoms with E-state index in [1.165, 1.54) is 6.08 Å². The van der Waals surface area contributed by atoms with Gasteiger partial charge < -0.3 is 9.64 Å². The second-order valence-corrected chi connectivity index (χ2v) is 10.9. The summed E-state index contributed by atoms with van der Waals surface area (Å²) in [7, 11) is 0. The number of likely N-dealkylation sites (tertiary alicyclic amines) is 1. The second kappa shape index (κ2) is 9.54. The van der Waals surface area contributed by atoms with E-state index >= 15 is 0 Å². The summed E-state index contributed by atoms with van der Waals surface area (Å²) in [4.78, 5) is 18.3. The molecule has 1 atom stereocenters. The van der Waals surface area contributed by atoms with Crippen molar-refractivity contribution >= 4 is 23.0 Å². The summed E-state index contributed by atoms with van der Waals surface area (Å²) in [6.07, 6.45) is 10.6. The Hall–Kier alpha value is -3.72. The van der Waals surface area contributed by atoms with Crippen LogP contribution in [0.15, 0.2) is 55.5 Å². The molecule has 10 heteroatoms. The first-order chi connectivity index (χ1) is 18.4. The monoisotopic (exact) mass is 531 g/mol. The van der Waals surface area contributed by atoms with Crippen LogP contribution < -0.4 is 4.74 Å². The zero-order valence-electron chi connectivity index (χ0n) is 21.5. The minimum atomic E-state index is -0.280. The zero-order valence-corrected chi connectivity index (χ0v) is 22.3. The van der Waals surface area contributed by atoms with Crippen LogP contribution in [-0.2, 0) is 4.79 Å². The van der Waals surface area contributed by atoms with Gasteiger partial charge in [-0.3, -0.25) is 9.78 Å². The van der Waals surface area contributed by atoms with Crippen LogP contribution in [0, 0.1) is 12.3 Å². The van der Waals surface area contributed by atoms with Gasteiger partial charge in [0.25, 0.3) is 0 Å². The summed E-state index contributed by atoms with van der Waals surface area (Å²) in [5.74, 6) is 0.640. The standard InChI is InChI=1S/C28H30ClN7O2/c1-4-25(37)34-11-8-28(9-12-34)14-21(15-28)36-18(2)26(32-33-36)20-13-24(27-22(29)16-31-35(27)17-20)38-19(3)23-7-5-6-10-30-23/h4-7,10,13,16-17,19,21H,1,8-9,11-12,14-15H2,2-3H3/t19-/m1/s1. The van der Waals surface area contributed by atoms with Gasteiger partial charge in [-0.2, -0.15) is 5.10 Å². The van der Waals surface area contributed by atoms with Crippen LogP contribution in [0.25, 0.3) is 16.8 Å². The molecular weight excluding hydrogens is 502 g/mol. The number of fused-ring (bicyclic) bond motifs is 1. The Morgan fingerprint density at radius 1 is 1.29 bits per heavy atom. The fourth-order valence-electron chi connectivity index (χ4n) is 5.94. The van der Waals surface area contributed by atoms with Crippen molar-refractivity contribution in [2.24, 2.45) is 5.41 Å². The summed E-state index contributed by atoms with van der Waals surface area (Å²) in [5.41, 5.74) is 4.47. The van der Waals surface area contributed by atoms with E-state index in [1.807, 2.05) is 42.3 Å². The highest BCUT2D eigenvalue weighted by Gasteiger charge is 2.47. The summed E-state index contributed by atoms with van der Waals surface area (Å²) in [6.45, 7) is 9.23. The third-order valence-corrected chi connectivity index (χ3v) is 8.41. The Morgan fingerprint density at radius 2 is 2.08 bits per heavy atom. The van der Waals surface area contributed by atoms with Crippen LogP contribution in [0.2, 0.25) is 5.02 Å². The topological polar surface area (TPSA) is 90.4 Å². The van der Waals surface area contributed by atoms with E-state index in [2.05, 4.69) is 38.6 Å².